The zero-order valence-corrected chi connectivity index (χ0v) is 13.6. The number of aromatic amines is 1. The number of aryl methyl sites for hydroxylation is 1. The average Bonchev–Trinajstić information content (AvgIpc) is 2.69. The van der Waals surface area contributed by atoms with Gasteiger partial charge in [-0.3, -0.25) is 5.10 Å². The van der Waals surface area contributed by atoms with E-state index < -0.39 is 25.9 Å². The molecular formula is C11H20N4O4S2. The summed E-state index contributed by atoms with van der Waals surface area (Å²) in [5.74, 6) is -0.0224. The number of nitrogens with one attached hydrogen (secondary N) is 3. The highest BCUT2D eigenvalue weighted by Gasteiger charge is 2.31. The molecule has 0 amide bonds. The predicted octanol–water partition coefficient (Wildman–Crippen LogP) is -0.707. The van der Waals surface area contributed by atoms with Crippen molar-refractivity contribution in [2.45, 2.75) is 37.2 Å². The molecule has 1 aromatic rings. The lowest BCUT2D eigenvalue weighted by molar-refractivity contribution is 0.516. The van der Waals surface area contributed by atoms with Gasteiger partial charge in [-0.1, -0.05) is 0 Å². The Hall–Kier alpha value is -0.970. The second kappa shape index (κ2) is 6.03. The first-order valence-corrected chi connectivity index (χ1v) is 9.97. The van der Waals surface area contributed by atoms with Crippen LogP contribution in [0.1, 0.15) is 24.2 Å². The summed E-state index contributed by atoms with van der Waals surface area (Å²) in [5, 5.41) is 9.48. The molecule has 3 N–H and O–H groups in total. The molecule has 1 aromatic heterocycles. The van der Waals surface area contributed by atoms with Crippen molar-refractivity contribution in [1.82, 2.24) is 20.2 Å². The highest BCUT2D eigenvalue weighted by atomic mass is 32.2. The van der Waals surface area contributed by atoms with Crippen LogP contribution in [0.2, 0.25) is 0 Å². The fourth-order valence-electron chi connectivity index (χ4n) is 2.51. The predicted molar refractivity (Wildman–Crippen MR) is 78.1 cm³/mol. The number of aromatic nitrogens is 2. The first-order valence-electron chi connectivity index (χ1n) is 6.66. The molecule has 1 saturated heterocycles. The topological polar surface area (TPSA) is 121 Å². The van der Waals surface area contributed by atoms with Gasteiger partial charge in [0.1, 0.15) is 4.90 Å². The van der Waals surface area contributed by atoms with E-state index in [1.165, 1.54) is 0 Å². The van der Waals surface area contributed by atoms with Crippen LogP contribution in [0.4, 0.5) is 0 Å². The molecule has 0 spiro atoms. The number of hydrogen-bond acceptors (Lipinski definition) is 6. The molecule has 2 heterocycles. The third kappa shape index (κ3) is 3.82. The summed E-state index contributed by atoms with van der Waals surface area (Å²) in [7, 11) is -5.27. The second-order valence-corrected chi connectivity index (χ2v) is 9.11. The number of sulfonamides is 1. The molecule has 0 aromatic carbocycles. The van der Waals surface area contributed by atoms with Crippen molar-refractivity contribution in [2.75, 3.05) is 18.6 Å². The molecule has 0 radical (unpaired) electrons. The van der Waals surface area contributed by atoms with Crippen molar-refractivity contribution in [3.8, 4) is 0 Å². The van der Waals surface area contributed by atoms with Crippen molar-refractivity contribution in [3.63, 3.8) is 0 Å². The maximum absolute atomic E-state index is 12.5. The van der Waals surface area contributed by atoms with Crippen molar-refractivity contribution in [2.24, 2.45) is 0 Å². The zero-order chi connectivity index (χ0) is 15.7. The van der Waals surface area contributed by atoms with E-state index in [2.05, 4.69) is 20.2 Å². The minimum atomic E-state index is -3.80. The molecule has 0 aliphatic carbocycles. The van der Waals surface area contributed by atoms with Gasteiger partial charge in [-0.05, 0) is 26.8 Å². The van der Waals surface area contributed by atoms with E-state index in [-0.39, 0.29) is 16.4 Å². The van der Waals surface area contributed by atoms with Gasteiger partial charge in [0.05, 0.1) is 22.9 Å². The Bertz CT molecular complexity index is 709. The van der Waals surface area contributed by atoms with Crippen LogP contribution in [0.25, 0.3) is 0 Å². The highest BCUT2D eigenvalue weighted by Crippen LogP contribution is 2.20. The number of sulfone groups is 1. The van der Waals surface area contributed by atoms with Gasteiger partial charge >= 0.3 is 0 Å². The second-order valence-electron chi connectivity index (χ2n) is 5.23. The molecule has 1 unspecified atom stereocenters. The lowest BCUT2D eigenvalue weighted by Gasteiger charge is -2.23. The van der Waals surface area contributed by atoms with Crippen LogP contribution >= 0.6 is 0 Å². The van der Waals surface area contributed by atoms with Crippen molar-refractivity contribution >= 4 is 19.9 Å². The molecule has 1 aliphatic heterocycles. The van der Waals surface area contributed by atoms with E-state index >= 15 is 0 Å². The van der Waals surface area contributed by atoms with E-state index in [0.29, 0.717) is 30.8 Å². The van der Waals surface area contributed by atoms with Gasteiger partial charge < -0.3 is 5.32 Å². The van der Waals surface area contributed by atoms with Gasteiger partial charge in [0.15, 0.2) is 9.84 Å². The summed E-state index contributed by atoms with van der Waals surface area (Å²) in [6.07, 6.45) is 1.000. The van der Waals surface area contributed by atoms with Gasteiger partial charge in [0.2, 0.25) is 10.0 Å². The largest absolute Gasteiger partial charge is 0.314 e. The van der Waals surface area contributed by atoms with E-state index in [4.69, 9.17) is 0 Å². The molecule has 1 aliphatic rings. The number of rotatable bonds is 5. The molecular weight excluding hydrogens is 316 g/mol. The monoisotopic (exact) mass is 336 g/mol. The molecule has 1 atom stereocenters. The first kappa shape index (κ1) is 16.4. The Balaban J connectivity index is 2.25. The van der Waals surface area contributed by atoms with E-state index in [1.807, 2.05) is 0 Å². The van der Waals surface area contributed by atoms with Crippen molar-refractivity contribution < 1.29 is 16.8 Å². The Morgan fingerprint density at radius 1 is 1.43 bits per heavy atom. The smallest absolute Gasteiger partial charge is 0.244 e. The van der Waals surface area contributed by atoms with Crippen molar-refractivity contribution in [1.29, 1.82) is 0 Å². The highest BCUT2D eigenvalue weighted by molar-refractivity contribution is 7.91. The van der Waals surface area contributed by atoms with Crippen molar-refractivity contribution in [3.05, 3.63) is 11.4 Å². The van der Waals surface area contributed by atoms with Crippen LogP contribution in [0.3, 0.4) is 0 Å². The quantitative estimate of drug-likeness (QED) is 0.653. The summed E-state index contributed by atoms with van der Waals surface area (Å²) in [5.41, 5.74) is 0.826. The Labute approximate surface area is 124 Å². The molecule has 8 nitrogen and oxygen atoms in total. The standard InChI is InChI=1S/C11H20N4O4S2/c1-8-11(10(6-12-2)14-13-8)21(18,19)15-9-4-3-5-20(16,17)7-9/h9,12,15H,3-7H2,1-2H3,(H,13,14). The molecule has 0 saturated carbocycles. The fourth-order valence-corrected chi connectivity index (χ4v) is 5.88. The maximum Gasteiger partial charge on any atom is 0.244 e. The number of nitrogens with zero attached hydrogens (tertiary/aromatic N) is 1. The first-order chi connectivity index (χ1) is 9.75. The van der Waals surface area contributed by atoms with Crippen LogP contribution in [0, 0.1) is 6.92 Å². The summed E-state index contributed by atoms with van der Waals surface area (Å²) in [6.45, 7) is 1.93. The van der Waals surface area contributed by atoms with Gasteiger partial charge in [0.25, 0.3) is 0 Å². The average molecular weight is 336 g/mol. The Morgan fingerprint density at radius 2 is 2.14 bits per heavy atom. The van der Waals surface area contributed by atoms with Crippen LogP contribution in [0.5, 0.6) is 0 Å². The third-order valence-corrected chi connectivity index (χ3v) is 6.90. The number of H-pyrrole nitrogens is 1. The minimum Gasteiger partial charge on any atom is -0.314 e. The van der Waals surface area contributed by atoms with Crippen LogP contribution in [-0.2, 0) is 26.4 Å². The molecule has 1 fully saturated rings. The Morgan fingerprint density at radius 3 is 2.76 bits per heavy atom. The normalized spacial score (nSPS) is 22.3. The minimum absolute atomic E-state index is 0.0971. The SMILES string of the molecule is CNCc1n[nH]c(C)c1S(=O)(=O)NC1CCCS(=O)(=O)C1. The van der Waals surface area contributed by atoms with E-state index in [1.54, 1.807) is 14.0 Å². The third-order valence-electron chi connectivity index (χ3n) is 3.36. The molecule has 21 heavy (non-hydrogen) atoms. The zero-order valence-electron chi connectivity index (χ0n) is 12.0. The lowest BCUT2D eigenvalue weighted by Crippen LogP contribution is -2.43. The fraction of sp³-hybridized carbons (Fsp3) is 0.727. The van der Waals surface area contributed by atoms with Gasteiger partial charge in [-0.15, -0.1) is 0 Å². The van der Waals surface area contributed by atoms with Crippen LogP contribution < -0.4 is 10.0 Å². The molecule has 0 bridgehead atoms. The number of hydrogen-bond donors (Lipinski definition) is 3. The van der Waals surface area contributed by atoms with Crippen LogP contribution in [0.15, 0.2) is 4.90 Å². The summed E-state index contributed by atoms with van der Waals surface area (Å²) in [6, 6.07) is -0.578. The van der Waals surface area contributed by atoms with E-state index in [9.17, 15) is 16.8 Å². The van der Waals surface area contributed by atoms with E-state index in [0.717, 1.165) is 0 Å². The van der Waals surface area contributed by atoms with Gasteiger partial charge in [-0.25, -0.2) is 21.6 Å². The van der Waals surface area contributed by atoms with Gasteiger partial charge in [-0.2, -0.15) is 5.10 Å². The molecule has 10 heteroatoms. The molecule has 120 valence electrons. The lowest BCUT2D eigenvalue weighted by atomic mass is 10.2. The molecule has 2 rings (SSSR count). The summed E-state index contributed by atoms with van der Waals surface area (Å²) in [4.78, 5) is 0.0971. The maximum atomic E-state index is 12.5. The van der Waals surface area contributed by atoms with Crippen LogP contribution in [-0.4, -0.2) is 51.6 Å². The summed E-state index contributed by atoms with van der Waals surface area (Å²) >= 11 is 0. The summed E-state index contributed by atoms with van der Waals surface area (Å²) < 4.78 is 50.7. The van der Waals surface area contributed by atoms with Gasteiger partial charge in [0, 0.05) is 12.6 Å². The Kier molecular flexibility index (Phi) is 4.71.